The highest BCUT2D eigenvalue weighted by Gasteiger charge is 2.33. The number of nitrogens with two attached hydrogens (primary N) is 1. The van der Waals surface area contributed by atoms with Gasteiger partial charge < -0.3 is 11.1 Å². The zero-order chi connectivity index (χ0) is 17.9. The molecule has 2 fully saturated rings. The molecular formula is C17H28ClN3O3S2. The minimum Gasteiger partial charge on any atom is -0.347 e. The van der Waals surface area contributed by atoms with Crippen LogP contribution in [0.25, 0.3) is 0 Å². The molecule has 1 aromatic heterocycles. The normalized spacial score (nSPS) is 20.5. The molecule has 0 radical (unpaired) electrons. The third-order valence-corrected chi connectivity index (χ3v) is 8.29. The van der Waals surface area contributed by atoms with Crippen molar-refractivity contribution in [3.63, 3.8) is 0 Å². The molecule has 1 aliphatic heterocycles. The summed E-state index contributed by atoms with van der Waals surface area (Å²) in [6, 6.07) is 1.46. The highest BCUT2D eigenvalue weighted by atomic mass is 35.5. The number of halogens is 1. The average Bonchev–Trinajstić information content (AvgIpc) is 3.32. The second-order valence-corrected chi connectivity index (χ2v) is 9.76. The Morgan fingerprint density at radius 1 is 1.23 bits per heavy atom. The molecule has 26 heavy (non-hydrogen) atoms. The summed E-state index contributed by atoms with van der Waals surface area (Å²) in [5.74, 6) is 0.0788. The molecule has 1 aromatic rings. The SMILES string of the molecule is Cl.NCC(NC(=O)c1sccc1S(=O)(=O)N1CCCC1)C1CCCCC1. The number of hydrogen-bond acceptors (Lipinski definition) is 5. The number of carbonyl (C=O) groups excluding carboxylic acids is 1. The lowest BCUT2D eigenvalue weighted by molar-refractivity contribution is 0.0916. The Hall–Kier alpha value is -0.670. The van der Waals surface area contributed by atoms with E-state index in [1.54, 1.807) is 11.4 Å². The molecule has 3 N–H and O–H groups in total. The number of rotatable bonds is 6. The standard InChI is InChI=1S/C17H27N3O3S2.ClH/c18-12-14(13-6-2-1-3-7-13)19-17(21)16-15(8-11-24-16)25(22,23)20-9-4-5-10-20;/h8,11,13-14H,1-7,9-10,12,18H2,(H,19,21);1H. The van der Waals surface area contributed by atoms with E-state index in [4.69, 9.17) is 5.73 Å². The first-order valence-corrected chi connectivity index (χ1v) is 11.4. The predicted octanol–water partition coefficient (Wildman–Crippen LogP) is 2.59. The Morgan fingerprint density at radius 3 is 2.50 bits per heavy atom. The smallest absolute Gasteiger partial charge is 0.263 e. The molecular weight excluding hydrogens is 394 g/mol. The maximum Gasteiger partial charge on any atom is 0.263 e. The second kappa shape index (κ2) is 9.50. The number of carbonyl (C=O) groups is 1. The molecule has 1 aliphatic carbocycles. The van der Waals surface area contributed by atoms with Gasteiger partial charge in [0.15, 0.2) is 0 Å². The van der Waals surface area contributed by atoms with Crippen LogP contribution in [0, 0.1) is 5.92 Å². The zero-order valence-electron chi connectivity index (χ0n) is 14.9. The Balaban J connectivity index is 0.00000243. The van der Waals surface area contributed by atoms with Gasteiger partial charge in [0.1, 0.15) is 9.77 Å². The van der Waals surface area contributed by atoms with E-state index in [1.165, 1.54) is 34.9 Å². The topological polar surface area (TPSA) is 92.5 Å². The summed E-state index contributed by atoms with van der Waals surface area (Å²) in [6.07, 6.45) is 7.49. The van der Waals surface area contributed by atoms with Crippen molar-refractivity contribution in [3.05, 3.63) is 16.3 Å². The molecule has 1 amide bonds. The summed E-state index contributed by atoms with van der Waals surface area (Å²) in [4.78, 5) is 13.2. The fourth-order valence-corrected chi connectivity index (χ4v) is 6.69. The quantitative estimate of drug-likeness (QED) is 0.738. The van der Waals surface area contributed by atoms with Crippen molar-refractivity contribution in [1.29, 1.82) is 0 Å². The summed E-state index contributed by atoms with van der Waals surface area (Å²) in [6.45, 7) is 1.45. The maximum absolute atomic E-state index is 12.8. The molecule has 0 bridgehead atoms. The van der Waals surface area contributed by atoms with Gasteiger partial charge in [0.05, 0.1) is 0 Å². The van der Waals surface area contributed by atoms with Crippen LogP contribution in [-0.2, 0) is 10.0 Å². The van der Waals surface area contributed by atoms with E-state index in [0.717, 1.165) is 25.7 Å². The van der Waals surface area contributed by atoms with Gasteiger partial charge in [-0.3, -0.25) is 4.79 Å². The summed E-state index contributed by atoms with van der Waals surface area (Å²) >= 11 is 1.18. The minimum absolute atomic E-state index is 0. The van der Waals surface area contributed by atoms with E-state index < -0.39 is 10.0 Å². The van der Waals surface area contributed by atoms with Gasteiger partial charge in [0.25, 0.3) is 5.91 Å². The van der Waals surface area contributed by atoms with E-state index in [0.29, 0.717) is 25.6 Å². The summed E-state index contributed by atoms with van der Waals surface area (Å²) in [5, 5.41) is 4.68. The van der Waals surface area contributed by atoms with Gasteiger partial charge in [-0.25, -0.2) is 8.42 Å². The van der Waals surface area contributed by atoms with E-state index in [-0.39, 0.29) is 34.1 Å². The number of amides is 1. The molecule has 1 atom stereocenters. The van der Waals surface area contributed by atoms with Crippen LogP contribution < -0.4 is 11.1 Å². The predicted molar refractivity (Wildman–Crippen MR) is 106 cm³/mol. The number of thiophene rings is 1. The van der Waals surface area contributed by atoms with Crippen molar-refractivity contribution in [2.45, 2.75) is 55.9 Å². The van der Waals surface area contributed by atoms with Gasteiger partial charge in [0, 0.05) is 25.7 Å². The highest BCUT2D eigenvalue weighted by molar-refractivity contribution is 7.89. The summed E-state index contributed by atoms with van der Waals surface area (Å²) < 4.78 is 27.1. The van der Waals surface area contributed by atoms with Gasteiger partial charge in [-0.1, -0.05) is 19.3 Å². The second-order valence-electron chi connectivity index (χ2n) is 6.94. The fraction of sp³-hybridized carbons (Fsp3) is 0.706. The Morgan fingerprint density at radius 2 is 1.88 bits per heavy atom. The molecule has 6 nitrogen and oxygen atoms in total. The van der Waals surface area contributed by atoms with Crippen LogP contribution in [0.4, 0.5) is 0 Å². The van der Waals surface area contributed by atoms with E-state index in [2.05, 4.69) is 5.32 Å². The molecule has 3 rings (SSSR count). The zero-order valence-corrected chi connectivity index (χ0v) is 17.3. The molecule has 9 heteroatoms. The molecule has 2 aliphatic rings. The summed E-state index contributed by atoms with van der Waals surface area (Å²) in [5.41, 5.74) is 5.89. The van der Waals surface area contributed by atoms with Crippen LogP contribution >= 0.6 is 23.7 Å². The molecule has 0 aromatic carbocycles. The van der Waals surface area contributed by atoms with Gasteiger partial charge in [-0.15, -0.1) is 23.7 Å². The van der Waals surface area contributed by atoms with E-state index in [9.17, 15) is 13.2 Å². The van der Waals surface area contributed by atoms with Crippen LogP contribution in [0.15, 0.2) is 16.3 Å². The van der Waals surface area contributed by atoms with Crippen molar-refractivity contribution in [3.8, 4) is 0 Å². The Labute approximate surface area is 166 Å². The first-order valence-electron chi connectivity index (χ1n) is 9.12. The van der Waals surface area contributed by atoms with Crippen molar-refractivity contribution in [2.75, 3.05) is 19.6 Å². The van der Waals surface area contributed by atoms with E-state index >= 15 is 0 Å². The molecule has 1 saturated carbocycles. The van der Waals surface area contributed by atoms with Crippen molar-refractivity contribution >= 4 is 39.7 Å². The third kappa shape index (κ3) is 4.59. The van der Waals surface area contributed by atoms with Gasteiger partial charge in [0.2, 0.25) is 10.0 Å². The summed E-state index contributed by atoms with van der Waals surface area (Å²) in [7, 11) is -3.59. The van der Waals surface area contributed by atoms with Crippen LogP contribution in [0.2, 0.25) is 0 Å². The Kier molecular flexibility index (Phi) is 7.90. The van der Waals surface area contributed by atoms with Crippen LogP contribution in [0.1, 0.15) is 54.6 Å². The first kappa shape index (κ1) is 21.6. The van der Waals surface area contributed by atoms with Gasteiger partial charge in [-0.05, 0) is 43.0 Å². The maximum atomic E-state index is 12.8. The highest BCUT2D eigenvalue weighted by Crippen LogP contribution is 2.29. The lowest BCUT2D eigenvalue weighted by Gasteiger charge is -2.30. The third-order valence-electron chi connectivity index (χ3n) is 5.31. The number of nitrogens with zero attached hydrogens (tertiary/aromatic N) is 1. The number of sulfonamides is 1. The first-order chi connectivity index (χ1) is 12.0. The lowest BCUT2D eigenvalue weighted by atomic mass is 9.84. The number of nitrogens with one attached hydrogen (secondary N) is 1. The van der Waals surface area contributed by atoms with Crippen LogP contribution in [-0.4, -0.2) is 44.3 Å². The van der Waals surface area contributed by atoms with Gasteiger partial charge in [-0.2, -0.15) is 4.31 Å². The number of hydrogen-bond donors (Lipinski definition) is 2. The minimum atomic E-state index is -3.59. The van der Waals surface area contributed by atoms with Crippen LogP contribution in [0.5, 0.6) is 0 Å². The molecule has 1 unspecified atom stereocenters. The largest absolute Gasteiger partial charge is 0.347 e. The Bertz CT molecular complexity index is 696. The van der Waals surface area contributed by atoms with Crippen molar-refractivity contribution in [2.24, 2.45) is 11.7 Å². The lowest BCUT2D eigenvalue weighted by Crippen LogP contribution is -2.46. The van der Waals surface area contributed by atoms with Crippen molar-refractivity contribution < 1.29 is 13.2 Å². The van der Waals surface area contributed by atoms with Crippen molar-refractivity contribution in [1.82, 2.24) is 9.62 Å². The molecule has 0 spiro atoms. The van der Waals surface area contributed by atoms with Crippen LogP contribution in [0.3, 0.4) is 0 Å². The molecule has 148 valence electrons. The van der Waals surface area contributed by atoms with Gasteiger partial charge >= 0.3 is 0 Å². The average molecular weight is 422 g/mol. The monoisotopic (exact) mass is 421 g/mol. The van der Waals surface area contributed by atoms with E-state index in [1.807, 2.05) is 0 Å². The fourth-order valence-electron chi connectivity index (χ4n) is 3.87. The molecule has 2 heterocycles. The molecule has 1 saturated heterocycles.